The first-order valence-electron chi connectivity index (χ1n) is 9.66. The van der Waals surface area contributed by atoms with Crippen LogP contribution in [0.5, 0.6) is 5.75 Å². The maximum absolute atomic E-state index is 12.9. The standard InChI is InChI=1S/C23H23NO3S2/c25-23(21-8-1-2-9-22(21)29-16-17-10-12-28-15-17)24-18-5-3-6-19(13-18)27-14-20-7-4-11-26-20/h1-3,5-6,8-10,12-13,15,20H,4,7,11,14,16H2,(H,24,25). The highest BCUT2D eigenvalue weighted by atomic mass is 32.2. The zero-order valence-electron chi connectivity index (χ0n) is 16.0. The van der Waals surface area contributed by atoms with Crippen LogP contribution in [0.15, 0.2) is 70.3 Å². The molecule has 1 amide bonds. The molecule has 0 radical (unpaired) electrons. The molecule has 0 spiro atoms. The number of thiophene rings is 1. The number of ether oxygens (including phenoxy) is 2. The molecule has 2 aromatic carbocycles. The molecule has 1 N–H and O–H groups in total. The minimum absolute atomic E-state index is 0.116. The average Bonchev–Trinajstić information content (AvgIpc) is 3.45. The number of anilines is 1. The highest BCUT2D eigenvalue weighted by Gasteiger charge is 2.16. The molecule has 1 atom stereocenters. The smallest absolute Gasteiger partial charge is 0.256 e. The molecule has 4 nitrogen and oxygen atoms in total. The molecule has 3 aromatic rings. The molecule has 1 unspecified atom stereocenters. The van der Waals surface area contributed by atoms with Crippen molar-refractivity contribution in [1.29, 1.82) is 0 Å². The third kappa shape index (κ3) is 5.63. The molecule has 6 heteroatoms. The second-order valence-corrected chi connectivity index (χ2v) is 8.64. The van der Waals surface area contributed by atoms with E-state index in [1.54, 1.807) is 23.1 Å². The van der Waals surface area contributed by atoms with Crippen LogP contribution >= 0.6 is 23.1 Å². The summed E-state index contributed by atoms with van der Waals surface area (Å²) in [5.74, 6) is 1.47. The van der Waals surface area contributed by atoms with Crippen LogP contribution in [-0.4, -0.2) is 25.2 Å². The van der Waals surface area contributed by atoms with E-state index in [0.29, 0.717) is 12.2 Å². The number of nitrogens with one attached hydrogen (secondary N) is 1. The molecule has 1 aliphatic rings. The number of hydrogen-bond acceptors (Lipinski definition) is 5. The molecule has 1 saturated heterocycles. The summed E-state index contributed by atoms with van der Waals surface area (Å²) in [5, 5.41) is 7.21. The summed E-state index contributed by atoms with van der Waals surface area (Å²) >= 11 is 3.36. The first-order chi connectivity index (χ1) is 14.3. The number of hydrogen-bond donors (Lipinski definition) is 1. The molecular formula is C23H23NO3S2. The van der Waals surface area contributed by atoms with Crippen LogP contribution in [0.4, 0.5) is 5.69 Å². The van der Waals surface area contributed by atoms with Gasteiger partial charge in [0.15, 0.2) is 0 Å². The van der Waals surface area contributed by atoms with E-state index in [-0.39, 0.29) is 12.0 Å². The Labute approximate surface area is 179 Å². The van der Waals surface area contributed by atoms with E-state index in [1.165, 1.54) is 5.56 Å². The Bertz CT molecular complexity index is 937. The van der Waals surface area contributed by atoms with Gasteiger partial charge >= 0.3 is 0 Å². The quantitative estimate of drug-likeness (QED) is 0.460. The van der Waals surface area contributed by atoms with Gasteiger partial charge in [-0.05, 0) is 59.5 Å². The van der Waals surface area contributed by atoms with Gasteiger partial charge in [-0.3, -0.25) is 4.79 Å². The maximum atomic E-state index is 12.9. The highest BCUT2D eigenvalue weighted by molar-refractivity contribution is 7.98. The normalized spacial score (nSPS) is 15.9. The zero-order valence-corrected chi connectivity index (χ0v) is 17.6. The second-order valence-electron chi connectivity index (χ2n) is 6.84. The highest BCUT2D eigenvalue weighted by Crippen LogP contribution is 2.28. The van der Waals surface area contributed by atoms with Crippen molar-refractivity contribution >= 4 is 34.7 Å². The van der Waals surface area contributed by atoms with E-state index >= 15 is 0 Å². The van der Waals surface area contributed by atoms with Crippen molar-refractivity contribution < 1.29 is 14.3 Å². The second kappa shape index (κ2) is 9.96. The molecule has 150 valence electrons. The van der Waals surface area contributed by atoms with E-state index in [0.717, 1.165) is 41.5 Å². The van der Waals surface area contributed by atoms with Crippen LogP contribution in [0.3, 0.4) is 0 Å². The van der Waals surface area contributed by atoms with E-state index in [4.69, 9.17) is 9.47 Å². The molecule has 4 rings (SSSR count). The van der Waals surface area contributed by atoms with Crippen molar-refractivity contribution in [1.82, 2.24) is 0 Å². The summed E-state index contributed by atoms with van der Waals surface area (Å²) in [6, 6.07) is 17.3. The minimum atomic E-state index is -0.116. The van der Waals surface area contributed by atoms with E-state index in [9.17, 15) is 4.79 Å². The summed E-state index contributed by atoms with van der Waals surface area (Å²) in [5.41, 5.74) is 2.67. The molecule has 1 fully saturated rings. The van der Waals surface area contributed by atoms with Crippen LogP contribution < -0.4 is 10.1 Å². The number of amides is 1. The number of benzene rings is 2. The Morgan fingerprint density at radius 3 is 2.97 bits per heavy atom. The lowest BCUT2D eigenvalue weighted by Crippen LogP contribution is -2.16. The number of thioether (sulfide) groups is 1. The molecule has 1 aromatic heterocycles. The van der Waals surface area contributed by atoms with Gasteiger partial charge in [-0.15, -0.1) is 11.8 Å². The lowest BCUT2D eigenvalue weighted by atomic mass is 10.2. The lowest BCUT2D eigenvalue weighted by Gasteiger charge is -2.13. The Morgan fingerprint density at radius 1 is 1.21 bits per heavy atom. The third-order valence-corrected chi connectivity index (χ3v) is 6.53. The van der Waals surface area contributed by atoms with Gasteiger partial charge in [0.05, 0.1) is 11.7 Å². The average molecular weight is 426 g/mol. The van der Waals surface area contributed by atoms with Gasteiger partial charge in [0.25, 0.3) is 5.91 Å². The summed E-state index contributed by atoms with van der Waals surface area (Å²) < 4.78 is 11.4. The van der Waals surface area contributed by atoms with E-state index < -0.39 is 0 Å². The van der Waals surface area contributed by atoms with Crippen molar-refractivity contribution in [3.05, 3.63) is 76.5 Å². The summed E-state index contributed by atoms with van der Waals surface area (Å²) in [6.45, 7) is 1.35. The van der Waals surface area contributed by atoms with Gasteiger partial charge in [0.2, 0.25) is 0 Å². The Morgan fingerprint density at radius 2 is 2.14 bits per heavy atom. The van der Waals surface area contributed by atoms with Crippen molar-refractivity contribution in [2.75, 3.05) is 18.5 Å². The van der Waals surface area contributed by atoms with Crippen LogP contribution in [0.25, 0.3) is 0 Å². The third-order valence-electron chi connectivity index (χ3n) is 4.66. The Kier molecular flexibility index (Phi) is 6.87. The van der Waals surface area contributed by atoms with Crippen molar-refractivity contribution in [2.45, 2.75) is 29.6 Å². The van der Waals surface area contributed by atoms with Gasteiger partial charge in [-0.1, -0.05) is 18.2 Å². The Balaban J connectivity index is 1.39. The van der Waals surface area contributed by atoms with Crippen LogP contribution in [0, 0.1) is 0 Å². The molecule has 1 aliphatic heterocycles. The topological polar surface area (TPSA) is 47.6 Å². The largest absolute Gasteiger partial charge is 0.491 e. The fourth-order valence-electron chi connectivity index (χ4n) is 3.14. The van der Waals surface area contributed by atoms with Crippen LogP contribution in [-0.2, 0) is 10.5 Å². The predicted octanol–water partition coefficient (Wildman–Crippen LogP) is 5.85. The Hall–Kier alpha value is -2.28. The van der Waals surface area contributed by atoms with Gasteiger partial charge in [0.1, 0.15) is 12.4 Å². The first-order valence-corrected chi connectivity index (χ1v) is 11.6. The van der Waals surface area contributed by atoms with Crippen LogP contribution in [0.1, 0.15) is 28.8 Å². The zero-order chi connectivity index (χ0) is 19.9. The molecule has 0 saturated carbocycles. The molecule has 0 aliphatic carbocycles. The lowest BCUT2D eigenvalue weighted by molar-refractivity contribution is 0.0680. The SMILES string of the molecule is O=C(Nc1cccc(OCC2CCCO2)c1)c1ccccc1SCc1ccsc1. The number of carbonyl (C=O) groups is 1. The molecular weight excluding hydrogens is 402 g/mol. The predicted molar refractivity (Wildman–Crippen MR) is 119 cm³/mol. The van der Waals surface area contributed by atoms with Crippen molar-refractivity contribution in [2.24, 2.45) is 0 Å². The minimum Gasteiger partial charge on any atom is -0.491 e. The summed E-state index contributed by atoms with van der Waals surface area (Å²) in [7, 11) is 0. The van der Waals surface area contributed by atoms with E-state index in [2.05, 4.69) is 22.1 Å². The maximum Gasteiger partial charge on any atom is 0.256 e. The first kappa shape index (κ1) is 20.0. The molecule has 29 heavy (non-hydrogen) atoms. The summed E-state index contributed by atoms with van der Waals surface area (Å²) in [6.07, 6.45) is 2.30. The van der Waals surface area contributed by atoms with E-state index in [1.807, 2.05) is 48.5 Å². The van der Waals surface area contributed by atoms with Crippen molar-refractivity contribution in [3.8, 4) is 5.75 Å². The van der Waals surface area contributed by atoms with Gasteiger partial charge in [0, 0.05) is 29.0 Å². The fourth-order valence-corrected chi connectivity index (χ4v) is 4.91. The van der Waals surface area contributed by atoms with Gasteiger partial charge in [-0.2, -0.15) is 11.3 Å². The summed E-state index contributed by atoms with van der Waals surface area (Å²) in [4.78, 5) is 13.9. The number of rotatable bonds is 8. The van der Waals surface area contributed by atoms with Crippen LogP contribution in [0.2, 0.25) is 0 Å². The van der Waals surface area contributed by atoms with Gasteiger partial charge < -0.3 is 14.8 Å². The van der Waals surface area contributed by atoms with Gasteiger partial charge in [-0.25, -0.2) is 0 Å². The molecule has 2 heterocycles. The number of carbonyl (C=O) groups excluding carboxylic acids is 1. The van der Waals surface area contributed by atoms with Crippen molar-refractivity contribution in [3.63, 3.8) is 0 Å². The monoisotopic (exact) mass is 425 g/mol. The fraction of sp³-hybridized carbons (Fsp3) is 0.261. The molecule has 0 bridgehead atoms.